The molecule has 0 unspecified atom stereocenters. The van der Waals surface area contributed by atoms with Gasteiger partial charge in [-0.3, -0.25) is 9.10 Å². The van der Waals surface area contributed by atoms with Gasteiger partial charge in [-0.2, -0.15) is 0 Å². The highest BCUT2D eigenvalue weighted by molar-refractivity contribution is 7.92. The topological polar surface area (TPSA) is 66.5 Å². The molecule has 2 aromatic carbocycles. The van der Waals surface area contributed by atoms with Crippen molar-refractivity contribution in [2.24, 2.45) is 0 Å². The summed E-state index contributed by atoms with van der Waals surface area (Å²) in [5, 5.41) is 3.58. The molecule has 0 fully saturated rings. The van der Waals surface area contributed by atoms with Crippen molar-refractivity contribution in [3.8, 4) is 0 Å². The van der Waals surface area contributed by atoms with Crippen LogP contribution >= 0.6 is 11.6 Å². The summed E-state index contributed by atoms with van der Waals surface area (Å²) in [7, 11) is -3.34. The van der Waals surface area contributed by atoms with Crippen molar-refractivity contribution in [3.63, 3.8) is 0 Å². The monoisotopic (exact) mass is 392 g/mol. The van der Waals surface area contributed by atoms with E-state index in [0.717, 1.165) is 11.1 Å². The molecule has 26 heavy (non-hydrogen) atoms. The molecule has 138 valence electrons. The zero-order valence-electron chi connectivity index (χ0n) is 14.9. The summed E-state index contributed by atoms with van der Waals surface area (Å²) >= 11 is 6.00. The van der Waals surface area contributed by atoms with Crippen molar-refractivity contribution in [1.29, 1.82) is 0 Å². The van der Waals surface area contributed by atoms with Crippen LogP contribution < -0.4 is 9.62 Å². The van der Waals surface area contributed by atoms with Crippen LogP contribution in [0.5, 0.6) is 0 Å². The van der Waals surface area contributed by atoms with Crippen LogP contribution in [-0.2, 0) is 16.4 Å². The summed E-state index contributed by atoms with van der Waals surface area (Å²) in [5.74, 6) is -0.203. The molecule has 0 spiro atoms. The second-order valence-electron chi connectivity index (χ2n) is 6.71. The number of nitrogens with one attached hydrogen (secondary N) is 1. The van der Waals surface area contributed by atoms with Gasteiger partial charge >= 0.3 is 0 Å². The molecule has 0 saturated heterocycles. The van der Waals surface area contributed by atoms with Crippen LogP contribution in [0.4, 0.5) is 5.69 Å². The van der Waals surface area contributed by atoms with Crippen LogP contribution in [0.25, 0.3) is 0 Å². The van der Waals surface area contributed by atoms with Gasteiger partial charge < -0.3 is 5.32 Å². The lowest BCUT2D eigenvalue weighted by molar-refractivity contribution is 0.0940. The predicted molar refractivity (Wildman–Crippen MR) is 104 cm³/mol. The fraction of sp³-hybridized carbons (Fsp3) is 0.316. The van der Waals surface area contributed by atoms with Crippen molar-refractivity contribution >= 4 is 33.2 Å². The quantitative estimate of drug-likeness (QED) is 0.865. The number of sulfonamides is 1. The number of nitrogens with zero attached hydrogens (tertiary/aromatic N) is 1. The van der Waals surface area contributed by atoms with Gasteiger partial charge in [0, 0.05) is 16.6 Å². The Bertz CT molecular complexity index is 959. The van der Waals surface area contributed by atoms with Crippen molar-refractivity contribution in [3.05, 3.63) is 64.2 Å². The minimum absolute atomic E-state index is 0.149. The first-order valence-corrected chi connectivity index (χ1v) is 10.6. The van der Waals surface area contributed by atoms with E-state index in [1.807, 2.05) is 32.0 Å². The molecular weight excluding hydrogens is 372 g/mol. The maximum absolute atomic E-state index is 12.6. The Kier molecular flexibility index (Phi) is 4.99. The maximum atomic E-state index is 12.6. The average Bonchev–Trinajstić information content (AvgIpc) is 2.89. The van der Waals surface area contributed by atoms with Gasteiger partial charge in [-0.1, -0.05) is 23.7 Å². The molecule has 1 N–H and O–H groups in total. The molecule has 3 rings (SSSR count). The number of benzene rings is 2. The summed E-state index contributed by atoms with van der Waals surface area (Å²) in [5.41, 5.74) is 2.95. The summed E-state index contributed by atoms with van der Waals surface area (Å²) in [6, 6.07) is 12.2. The fourth-order valence-electron chi connectivity index (χ4n) is 3.39. The molecule has 2 atom stereocenters. The second kappa shape index (κ2) is 6.93. The number of hydrogen-bond acceptors (Lipinski definition) is 3. The number of carbonyl (C=O) groups is 1. The molecule has 0 saturated carbocycles. The lowest BCUT2D eigenvalue weighted by atomic mass is 10.0. The van der Waals surface area contributed by atoms with E-state index in [9.17, 15) is 13.2 Å². The highest BCUT2D eigenvalue weighted by Crippen LogP contribution is 2.34. The summed E-state index contributed by atoms with van der Waals surface area (Å²) in [4.78, 5) is 12.6. The van der Waals surface area contributed by atoms with Crippen LogP contribution in [0.2, 0.25) is 5.02 Å². The Morgan fingerprint density at radius 1 is 1.27 bits per heavy atom. The van der Waals surface area contributed by atoms with Crippen LogP contribution in [0.15, 0.2) is 42.5 Å². The van der Waals surface area contributed by atoms with Crippen LogP contribution in [0.1, 0.15) is 41.4 Å². The van der Waals surface area contributed by atoms with Crippen LogP contribution in [0, 0.1) is 0 Å². The van der Waals surface area contributed by atoms with Gasteiger partial charge in [0.25, 0.3) is 5.91 Å². The molecule has 0 aromatic heterocycles. The Morgan fingerprint density at radius 3 is 2.65 bits per heavy atom. The van der Waals surface area contributed by atoms with Crippen molar-refractivity contribution in [1.82, 2.24) is 5.32 Å². The summed E-state index contributed by atoms with van der Waals surface area (Å²) in [6.45, 7) is 3.76. The van der Waals surface area contributed by atoms with E-state index in [-0.39, 0.29) is 18.0 Å². The molecule has 0 radical (unpaired) electrons. The zero-order chi connectivity index (χ0) is 19.1. The Labute approximate surface area is 159 Å². The number of anilines is 1. The first-order valence-electron chi connectivity index (χ1n) is 8.35. The minimum Gasteiger partial charge on any atom is -0.346 e. The number of hydrogen-bond donors (Lipinski definition) is 1. The van der Waals surface area contributed by atoms with E-state index >= 15 is 0 Å². The third-order valence-electron chi connectivity index (χ3n) is 4.55. The lowest BCUT2D eigenvalue weighted by Gasteiger charge is -2.22. The Morgan fingerprint density at radius 2 is 2.00 bits per heavy atom. The van der Waals surface area contributed by atoms with Gasteiger partial charge in [-0.15, -0.1) is 0 Å². The molecule has 7 heteroatoms. The van der Waals surface area contributed by atoms with E-state index in [1.165, 1.54) is 10.6 Å². The van der Waals surface area contributed by atoms with Crippen LogP contribution in [-0.4, -0.2) is 26.6 Å². The number of halogens is 1. The molecule has 1 aliphatic heterocycles. The van der Waals surface area contributed by atoms with Crippen LogP contribution in [0.3, 0.4) is 0 Å². The van der Waals surface area contributed by atoms with Gasteiger partial charge in [-0.25, -0.2) is 8.42 Å². The fourth-order valence-corrected chi connectivity index (χ4v) is 4.85. The lowest BCUT2D eigenvalue weighted by Crippen LogP contribution is -2.34. The van der Waals surface area contributed by atoms with Crippen molar-refractivity contribution in [2.45, 2.75) is 32.4 Å². The first kappa shape index (κ1) is 18.7. The van der Waals surface area contributed by atoms with Gasteiger partial charge in [0.15, 0.2) is 0 Å². The molecule has 0 aliphatic carbocycles. The number of rotatable bonds is 4. The molecule has 0 bridgehead atoms. The predicted octanol–water partition coefficient (Wildman–Crippen LogP) is 3.54. The smallest absolute Gasteiger partial charge is 0.251 e. The standard InChI is InChI=1S/C19H21ClN2O3S/c1-12-9-16-10-15(7-8-18(16)22(12)26(3,24)25)19(23)21-13(2)14-5-4-6-17(20)11-14/h4-8,10-13H,9H2,1-3H3,(H,21,23)/t12-,13-/m1/s1. The van der Waals surface area contributed by atoms with Gasteiger partial charge in [0.2, 0.25) is 10.0 Å². The van der Waals surface area contributed by atoms with Gasteiger partial charge in [-0.05, 0) is 61.7 Å². The SMILES string of the molecule is C[C@@H]1Cc2cc(C(=O)N[C@H](C)c3cccc(Cl)c3)ccc2N1S(C)(=O)=O. The largest absolute Gasteiger partial charge is 0.346 e. The van der Waals surface area contributed by atoms with Gasteiger partial charge in [0.05, 0.1) is 18.0 Å². The number of amides is 1. The average molecular weight is 393 g/mol. The highest BCUT2D eigenvalue weighted by Gasteiger charge is 2.32. The second-order valence-corrected chi connectivity index (χ2v) is 9.00. The summed E-state index contributed by atoms with van der Waals surface area (Å²) in [6.07, 6.45) is 1.79. The molecule has 1 amide bonds. The molecule has 2 aromatic rings. The van der Waals surface area contributed by atoms with E-state index in [1.54, 1.807) is 24.3 Å². The highest BCUT2D eigenvalue weighted by atomic mass is 35.5. The normalized spacial score (nSPS) is 17.7. The first-order chi connectivity index (χ1) is 12.2. The molecule has 1 heterocycles. The summed E-state index contributed by atoms with van der Waals surface area (Å²) < 4.78 is 25.4. The van der Waals surface area contributed by atoms with E-state index in [4.69, 9.17) is 11.6 Å². The Balaban J connectivity index is 1.81. The maximum Gasteiger partial charge on any atom is 0.251 e. The van der Waals surface area contributed by atoms with E-state index in [2.05, 4.69) is 5.32 Å². The van der Waals surface area contributed by atoms with E-state index < -0.39 is 10.0 Å². The zero-order valence-corrected chi connectivity index (χ0v) is 16.4. The number of fused-ring (bicyclic) bond motifs is 1. The van der Waals surface area contributed by atoms with E-state index in [0.29, 0.717) is 22.7 Å². The molecular formula is C19H21ClN2O3S. The third-order valence-corrected chi connectivity index (χ3v) is 6.05. The molecule has 5 nitrogen and oxygen atoms in total. The Hall–Kier alpha value is -2.05. The minimum atomic E-state index is -3.34. The number of carbonyl (C=O) groups excluding carboxylic acids is 1. The molecule has 1 aliphatic rings. The van der Waals surface area contributed by atoms with Crippen molar-refractivity contribution in [2.75, 3.05) is 10.6 Å². The third kappa shape index (κ3) is 3.71. The van der Waals surface area contributed by atoms with Gasteiger partial charge in [0.1, 0.15) is 0 Å². The van der Waals surface area contributed by atoms with Crippen molar-refractivity contribution < 1.29 is 13.2 Å².